The number of hydrogen-bond acceptors (Lipinski definition) is 3. The summed E-state index contributed by atoms with van der Waals surface area (Å²) in [4.78, 5) is 19.3. The van der Waals surface area contributed by atoms with Gasteiger partial charge in [-0.25, -0.2) is 0 Å². The van der Waals surface area contributed by atoms with E-state index in [1.165, 1.54) is 0 Å². The van der Waals surface area contributed by atoms with Gasteiger partial charge in [0.2, 0.25) is 0 Å². The van der Waals surface area contributed by atoms with Gasteiger partial charge in [0.25, 0.3) is 0 Å². The third kappa shape index (κ3) is 17.8. The fourth-order valence-corrected chi connectivity index (χ4v) is 0.361. The normalized spacial score (nSPS) is 7.55. The molecule has 5 heteroatoms. The van der Waals surface area contributed by atoms with Gasteiger partial charge in [-0.05, 0) is 6.92 Å². The van der Waals surface area contributed by atoms with Gasteiger partial charge < -0.3 is 9.53 Å². The van der Waals surface area contributed by atoms with Gasteiger partial charge in [0, 0.05) is 0 Å². The quantitative estimate of drug-likeness (QED) is 0.450. The molecular formula is C6H10Br2O3. The molecule has 0 aliphatic rings. The molecule has 11 heavy (non-hydrogen) atoms. The van der Waals surface area contributed by atoms with E-state index in [-0.39, 0.29) is 5.97 Å². The van der Waals surface area contributed by atoms with Crippen LogP contribution in [0.4, 0.5) is 0 Å². The van der Waals surface area contributed by atoms with Crippen molar-refractivity contribution >= 4 is 44.1 Å². The molecule has 0 heterocycles. The minimum atomic E-state index is -0.206. The van der Waals surface area contributed by atoms with Crippen molar-refractivity contribution in [1.82, 2.24) is 0 Å². The highest BCUT2D eigenvalue weighted by atomic mass is 79.9. The number of aldehydes is 1. The summed E-state index contributed by atoms with van der Waals surface area (Å²) in [6.45, 7) is 2.24. The number of rotatable bonds is 3. The molecule has 0 aromatic heterocycles. The molecule has 0 fully saturated rings. The summed E-state index contributed by atoms with van der Waals surface area (Å²) in [5.41, 5.74) is 0. The van der Waals surface area contributed by atoms with Gasteiger partial charge in [0.1, 0.15) is 11.6 Å². The summed E-state index contributed by atoms with van der Waals surface area (Å²) >= 11 is 5.82. The van der Waals surface area contributed by atoms with Crippen molar-refractivity contribution in [2.24, 2.45) is 0 Å². The summed E-state index contributed by atoms with van der Waals surface area (Å²) in [5.74, 6) is -0.206. The SMILES string of the molecule is CCOC(=O)CBr.O=CCBr. The molecule has 0 unspecified atom stereocenters. The second-order valence-corrected chi connectivity index (χ2v) is 2.47. The minimum Gasteiger partial charge on any atom is -0.465 e. The standard InChI is InChI=1S/C4H7BrO2.C2H3BrO/c1-2-7-4(6)3-5;3-1-2-4/h2-3H2,1H3;2H,1H2. The Bertz CT molecular complexity index is 106. The second-order valence-electron chi connectivity index (χ2n) is 1.26. The van der Waals surface area contributed by atoms with E-state index in [9.17, 15) is 4.79 Å². The van der Waals surface area contributed by atoms with Crippen LogP contribution in [-0.2, 0) is 14.3 Å². The molecule has 3 nitrogen and oxygen atoms in total. The van der Waals surface area contributed by atoms with E-state index in [1.807, 2.05) is 0 Å². The Hall–Kier alpha value is 0.1000. The first-order valence-corrected chi connectivity index (χ1v) is 5.18. The van der Waals surface area contributed by atoms with E-state index < -0.39 is 0 Å². The highest BCUT2D eigenvalue weighted by molar-refractivity contribution is 9.09. The molecule has 0 spiro atoms. The lowest BCUT2D eigenvalue weighted by Crippen LogP contribution is -2.03. The van der Waals surface area contributed by atoms with E-state index in [2.05, 4.69) is 36.6 Å². The number of esters is 1. The number of alkyl halides is 2. The molecule has 0 amide bonds. The Morgan fingerprint density at radius 2 is 2.00 bits per heavy atom. The largest absolute Gasteiger partial charge is 0.465 e. The predicted octanol–water partition coefficient (Wildman–Crippen LogP) is 1.52. The zero-order valence-corrected chi connectivity index (χ0v) is 9.35. The highest BCUT2D eigenvalue weighted by Crippen LogP contribution is 1.82. The van der Waals surface area contributed by atoms with Crippen molar-refractivity contribution in [3.63, 3.8) is 0 Å². The fourth-order valence-electron chi connectivity index (χ4n) is 0.200. The van der Waals surface area contributed by atoms with Gasteiger partial charge in [0.15, 0.2) is 0 Å². The molecule has 0 aromatic carbocycles. The number of carbonyl (C=O) groups is 2. The van der Waals surface area contributed by atoms with Gasteiger partial charge >= 0.3 is 5.97 Å². The zero-order valence-electron chi connectivity index (χ0n) is 6.18. The molecule has 0 saturated carbocycles. The van der Waals surface area contributed by atoms with E-state index in [0.29, 0.717) is 17.3 Å². The molecule has 0 atom stereocenters. The lowest BCUT2D eigenvalue weighted by atomic mass is 10.8. The van der Waals surface area contributed by atoms with Crippen molar-refractivity contribution in [1.29, 1.82) is 0 Å². The first kappa shape index (κ1) is 13.7. The molecule has 0 N–H and O–H groups in total. The molecule has 0 radical (unpaired) electrons. The first-order valence-electron chi connectivity index (χ1n) is 2.94. The van der Waals surface area contributed by atoms with Crippen LogP contribution in [-0.4, -0.2) is 29.5 Å². The van der Waals surface area contributed by atoms with Crippen LogP contribution in [0.25, 0.3) is 0 Å². The Morgan fingerprint density at radius 1 is 1.55 bits per heavy atom. The third-order valence-corrected chi connectivity index (χ3v) is 1.20. The van der Waals surface area contributed by atoms with Gasteiger partial charge in [-0.2, -0.15) is 0 Å². The molecule has 0 rings (SSSR count). The molecule has 0 saturated heterocycles. The van der Waals surface area contributed by atoms with Crippen LogP contribution in [0.3, 0.4) is 0 Å². The zero-order chi connectivity index (χ0) is 9.11. The third-order valence-electron chi connectivity index (χ3n) is 0.477. The maximum atomic E-state index is 10.1. The summed E-state index contributed by atoms with van der Waals surface area (Å²) in [6, 6.07) is 0. The first-order chi connectivity index (χ1) is 5.22. The molecule has 0 aliphatic heterocycles. The smallest absolute Gasteiger partial charge is 0.316 e. The Labute approximate surface area is 82.7 Å². The maximum absolute atomic E-state index is 10.1. The maximum Gasteiger partial charge on any atom is 0.316 e. The van der Waals surface area contributed by atoms with Gasteiger partial charge in [-0.3, -0.25) is 4.79 Å². The summed E-state index contributed by atoms with van der Waals surface area (Å²) in [5, 5.41) is 0.744. The molecular weight excluding hydrogens is 280 g/mol. The van der Waals surface area contributed by atoms with Gasteiger partial charge in [-0.1, -0.05) is 31.9 Å². The molecule has 0 aliphatic carbocycles. The van der Waals surface area contributed by atoms with Crippen LogP contribution in [0.15, 0.2) is 0 Å². The van der Waals surface area contributed by atoms with E-state index in [1.54, 1.807) is 6.92 Å². The molecule has 0 bridgehead atoms. The minimum absolute atomic E-state index is 0.206. The van der Waals surface area contributed by atoms with E-state index >= 15 is 0 Å². The number of carbonyl (C=O) groups excluding carboxylic acids is 2. The lowest BCUT2D eigenvalue weighted by molar-refractivity contribution is -0.139. The molecule has 66 valence electrons. The fraction of sp³-hybridized carbons (Fsp3) is 0.667. The van der Waals surface area contributed by atoms with Crippen molar-refractivity contribution in [3.05, 3.63) is 0 Å². The number of hydrogen-bond donors (Lipinski definition) is 0. The van der Waals surface area contributed by atoms with Crippen molar-refractivity contribution in [2.45, 2.75) is 6.92 Å². The predicted molar refractivity (Wildman–Crippen MR) is 50.3 cm³/mol. The van der Waals surface area contributed by atoms with Crippen LogP contribution in [0.2, 0.25) is 0 Å². The Kier molecular flexibility index (Phi) is 15.8. The Balaban J connectivity index is 0. The van der Waals surface area contributed by atoms with E-state index in [0.717, 1.165) is 6.29 Å². The Morgan fingerprint density at radius 3 is 2.09 bits per heavy atom. The second kappa shape index (κ2) is 12.7. The number of halogens is 2. The lowest BCUT2D eigenvalue weighted by Gasteiger charge is -1.92. The van der Waals surface area contributed by atoms with Crippen LogP contribution in [0.1, 0.15) is 6.92 Å². The van der Waals surface area contributed by atoms with Crippen LogP contribution >= 0.6 is 31.9 Å². The van der Waals surface area contributed by atoms with Crippen LogP contribution < -0.4 is 0 Å². The van der Waals surface area contributed by atoms with Crippen LogP contribution in [0, 0.1) is 0 Å². The summed E-state index contributed by atoms with van der Waals surface area (Å²) < 4.78 is 4.51. The van der Waals surface area contributed by atoms with Gasteiger partial charge in [-0.15, -0.1) is 0 Å². The van der Waals surface area contributed by atoms with E-state index in [4.69, 9.17) is 4.79 Å². The molecule has 0 aromatic rings. The average molecular weight is 290 g/mol. The highest BCUT2D eigenvalue weighted by Gasteiger charge is 1.92. The van der Waals surface area contributed by atoms with Crippen LogP contribution in [0.5, 0.6) is 0 Å². The van der Waals surface area contributed by atoms with Crippen molar-refractivity contribution in [2.75, 3.05) is 17.3 Å². The average Bonchev–Trinajstić information content (AvgIpc) is 2.05. The van der Waals surface area contributed by atoms with Crippen molar-refractivity contribution in [3.8, 4) is 0 Å². The number of ether oxygens (including phenoxy) is 1. The van der Waals surface area contributed by atoms with Gasteiger partial charge in [0.05, 0.1) is 11.9 Å². The summed E-state index contributed by atoms with van der Waals surface area (Å²) in [7, 11) is 0. The summed E-state index contributed by atoms with van der Waals surface area (Å²) in [6.07, 6.45) is 0.792. The van der Waals surface area contributed by atoms with Crippen molar-refractivity contribution < 1.29 is 14.3 Å². The topological polar surface area (TPSA) is 43.4 Å². The monoisotopic (exact) mass is 288 g/mol.